The fourth-order valence-corrected chi connectivity index (χ4v) is 6.10. The first-order valence-electron chi connectivity index (χ1n) is 14.0. The van der Waals surface area contributed by atoms with E-state index in [0.29, 0.717) is 5.69 Å². The summed E-state index contributed by atoms with van der Waals surface area (Å²) in [6.07, 6.45) is 0.272. The van der Waals surface area contributed by atoms with Crippen LogP contribution in [0.15, 0.2) is 120 Å². The molecule has 0 aliphatic carbocycles. The Labute approximate surface area is 248 Å². The van der Waals surface area contributed by atoms with E-state index in [-0.39, 0.29) is 29.8 Å². The Morgan fingerprint density at radius 2 is 1.29 bits per heavy atom. The maximum absolute atomic E-state index is 14.3. The predicted octanol–water partition coefficient (Wildman–Crippen LogP) is 5.36. The molecule has 1 atom stereocenters. The van der Waals surface area contributed by atoms with Crippen molar-refractivity contribution in [2.45, 2.75) is 50.7 Å². The van der Waals surface area contributed by atoms with Crippen molar-refractivity contribution in [3.8, 4) is 0 Å². The largest absolute Gasteiger partial charge is 0.352 e. The monoisotopic (exact) mass is 583 g/mol. The number of sulfonamides is 1. The van der Waals surface area contributed by atoms with Crippen molar-refractivity contribution in [1.29, 1.82) is 0 Å². The summed E-state index contributed by atoms with van der Waals surface area (Å²) in [5.41, 5.74) is 3.15. The Morgan fingerprint density at radius 1 is 0.738 bits per heavy atom. The Hall–Kier alpha value is -4.43. The molecule has 0 spiro atoms. The average Bonchev–Trinajstić information content (AvgIpc) is 2.99. The van der Waals surface area contributed by atoms with Gasteiger partial charge in [0.1, 0.15) is 12.6 Å². The smallest absolute Gasteiger partial charge is 0.264 e. The van der Waals surface area contributed by atoms with E-state index >= 15 is 0 Å². The molecule has 0 saturated heterocycles. The van der Waals surface area contributed by atoms with Crippen molar-refractivity contribution in [3.05, 3.63) is 132 Å². The van der Waals surface area contributed by atoms with Crippen molar-refractivity contribution < 1.29 is 18.0 Å². The highest BCUT2D eigenvalue weighted by atomic mass is 32.2. The molecule has 2 amide bonds. The Morgan fingerprint density at radius 3 is 1.86 bits per heavy atom. The minimum atomic E-state index is -4.10. The second-order valence-corrected chi connectivity index (χ2v) is 12.4. The number of nitrogens with one attached hydrogen (secondary N) is 1. The van der Waals surface area contributed by atoms with Gasteiger partial charge >= 0.3 is 0 Å². The van der Waals surface area contributed by atoms with Crippen molar-refractivity contribution in [2.24, 2.45) is 0 Å². The summed E-state index contributed by atoms with van der Waals surface area (Å²) in [6, 6.07) is 32.8. The Kier molecular flexibility index (Phi) is 10.1. The number of hydrogen-bond acceptors (Lipinski definition) is 4. The summed E-state index contributed by atoms with van der Waals surface area (Å²) in [5.74, 6) is -0.787. The van der Waals surface area contributed by atoms with E-state index in [2.05, 4.69) is 5.32 Å². The SMILES string of the molecule is Cc1ccc(CN(C(=O)CN(c2ccccc2)S(=O)(=O)c2ccccc2)[C@@H](Cc2ccccc2)C(=O)NC(C)C)cc1. The first kappa shape index (κ1) is 30.5. The summed E-state index contributed by atoms with van der Waals surface area (Å²) in [4.78, 5) is 29.6. The van der Waals surface area contributed by atoms with E-state index in [1.165, 1.54) is 17.0 Å². The van der Waals surface area contributed by atoms with Gasteiger partial charge in [-0.25, -0.2) is 8.42 Å². The molecule has 42 heavy (non-hydrogen) atoms. The van der Waals surface area contributed by atoms with Crippen molar-refractivity contribution in [3.63, 3.8) is 0 Å². The van der Waals surface area contributed by atoms with Gasteiger partial charge in [-0.05, 0) is 56.2 Å². The van der Waals surface area contributed by atoms with Gasteiger partial charge in [0.15, 0.2) is 0 Å². The van der Waals surface area contributed by atoms with E-state index in [1.807, 2.05) is 75.4 Å². The van der Waals surface area contributed by atoms with Gasteiger partial charge in [0, 0.05) is 19.0 Å². The van der Waals surface area contributed by atoms with Crippen LogP contribution < -0.4 is 9.62 Å². The number of aryl methyl sites for hydroxylation is 1. The molecule has 4 aromatic carbocycles. The molecule has 0 fully saturated rings. The van der Waals surface area contributed by atoms with Gasteiger partial charge in [0.05, 0.1) is 10.6 Å². The third-order valence-corrected chi connectivity index (χ3v) is 8.62. The molecule has 218 valence electrons. The summed E-state index contributed by atoms with van der Waals surface area (Å²) in [5, 5.41) is 2.97. The second-order valence-electron chi connectivity index (χ2n) is 10.5. The lowest BCUT2D eigenvalue weighted by Gasteiger charge is -2.34. The zero-order valence-electron chi connectivity index (χ0n) is 24.2. The zero-order valence-corrected chi connectivity index (χ0v) is 25.0. The fraction of sp³-hybridized carbons (Fsp3) is 0.235. The maximum Gasteiger partial charge on any atom is 0.264 e. The average molecular weight is 584 g/mol. The van der Waals surface area contributed by atoms with E-state index in [0.717, 1.165) is 21.0 Å². The van der Waals surface area contributed by atoms with Crippen LogP contribution in [0.5, 0.6) is 0 Å². The highest BCUT2D eigenvalue weighted by Gasteiger charge is 2.34. The summed E-state index contributed by atoms with van der Waals surface area (Å²) < 4.78 is 28.9. The molecule has 0 bridgehead atoms. The molecule has 0 saturated carbocycles. The van der Waals surface area contributed by atoms with Gasteiger partial charge in [-0.2, -0.15) is 0 Å². The first-order chi connectivity index (χ1) is 20.1. The van der Waals surface area contributed by atoms with Gasteiger partial charge in [-0.3, -0.25) is 13.9 Å². The number of amides is 2. The number of nitrogens with zero attached hydrogens (tertiary/aromatic N) is 2. The molecule has 1 N–H and O–H groups in total. The number of benzene rings is 4. The van der Waals surface area contributed by atoms with Crippen LogP contribution in [0.1, 0.15) is 30.5 Å². The van der Waals surface area contributed by atoms with Gasteiger partial charge in [0.2, 0.25) is 11.8 Å². The van der Waals surface area contributed by atoms with Gasteiger partial charge in [-0.1, -0.05) is 96.6 Å². The molecule has 0 aliphatic rings. The third-order valence-electron chi connectivity index (χ3n) is 6.83. The van der Waals surface area contributed by atoms with Crippen LogP contribution >= 0.6 is 0 Å². The lowest BCUT2D eigenvalue weighted by atomic mass is 10.0. The van der Waals surface area contributed by atoms with Crippen LogP contribution in [0.3, 0.4) is 0 Å². The summed E-state index contributed by atoms with van der Waals surface area (Å²) in [6.45, 7) is 5.37. The minimum absolute atomic E-state index is 0.0742. The van der Waals surface area contributed by atoms with Gasteiger partial charge < -0.3 is 10.2 Å². The number of para-hydroxylation sites is 1. The van der Waals surface area contributed by atoms with E-state index in [9.17, 15) is 18.0 Å². The molecular formula is C34H37N3O4S. The molecule has 0 aliphatic heterocycles. The fourth-order valence-electron chi connectivity index (χ4n) is 4.67. The van der Waals surface area contributed by atoms with Crippen molar-refractivity contribution >= 4 is 27.5 Å². The second kappa shape index (κ2) is 14.0. The molecule has 4 aromatic rings. The van der Waals surface area contributed by atoms with E-state index in [1.54, 1.807) is 48.5 Å². The number of rotatable bonds is 12. The molecule has 0 unspecified atom stereocenters. The maximum atomic E-state index is 14.3. The predicted molar refractivity (Wildman–Crippen MR) is 166 cm³/mol. The number of carbonyl (C=O) groups is 2. The van der Waals surface area contributed by atoms with Crippen LogP contribution in [0.4, 0.5) is 5.69 Å². The molecule has 8 heteroatoms. The van der Waals surface area contributed by atoms with Gasteiger partial charge in [0.25, 0.3) is 10.0 Å². The number of carbonyl (C=O) groups excluding carboxylic acids is 2. The Bertz CT molecular complexity index is 1560. The van der Waals surface area contributed by atoms with Crippen LogP contribution in [-0.4, -0.2) is 43.8 Å². The van der Waals surface area contributed by atoms with Crippen LogP contribution in [0, 0.1) is 6.92 Å². The highest BCUT2D eigenvalue weighted by molar-refractivity contribution is 7.92. The molecule has 0 radical (unpaired) electrons. The van der Waals surface area contributed by atoms with Crippen molar-refractivity contribution in [1.82, 2.24) is 10.2 Å². The number of anilines is 1. The van der Waals surface area contributed by atoms with Gasteiger partial charge in [-0.15, -0.1) is 0 Å². The molecule has 0 aromatic heterocycles. The quantitative estimate of drug-likeness (QED) is 0.244. The normalized spacial score (nSPS) is 12.0. The molecule has 0 heterocycles. The molecule has 4 rings (SSSR count). The van der Waals surface area contributed by atoms with Crippen LogP contribution in [0.25, 0.3) is 0 Å². The van der Waals surface area contributed by atoms with Crippen molar-refractivity contribution in [2.75, 3.05) is 10.8 Å². The molecular weight excluding hydrogens is 546 g/mol. The third kappa shape index (κ3) is 7.85. The Balaban J connectivity index is 1.78. The standard InChI is InChI=1S/C34H37N3O4S/c1-26(2)35-34(39)32(23-28-13-7-4-8-14-28)36(24-29-21-19-27(3)20-22-29)33(38)25-37(30-15-9-5-10-16-30)42(40,41)31-17-11-6-12-18-31/h4-22,26,32H,23-25H2,1-3H3,(H,35,39)/t32-/m0/s1. The number of hydrogen-bond donors (Lipinski definition) is 1. The molecule has 7 nitrogen and oxygen atoms in total. The van der Waals surface area contributed by atoms with E-state index < -0.39 is 28.5 Å². The lowest BCUT2D eigenvalue weighted by molar-refractivity contribution is -0.140. The summed E-state index contributed by atoms with van der Waals surface area (Å²) in [7, 11) is -4.10. The zero-order chi connectivity index (χ0) is 30.1. The van der Waals surface area contributed by atoms with Crippen LogP contribution in [0.2, 0.25) is 0 Å². The topological polar surface area (TPSA) is 86.8 Å². The minimum Gasteiger partial charge on any atom is -0.352 e. The van der Waals surface area contributed by atoms with E-state index in [4.69, 9.17) is 0 Å². The summed E-state index contributed by atoms with van der Waals surface area (Å²) >= 11 is 0. The first-order valence-corrected chi connectivity index (χ1v) is 15.4. The lowest BCUT2D eigenvalue weighted by Crippen LogP contribution is -2.54. The van der Waals surface area contributed by atoms with Crippen LogP contribution in [-0.2, 0) is 32.6 Å². The highest BCUT2D eigenvalue weighted by Crippen LogP contribution is 2.25.